The second-order valence-corrected chi connectivity index (χ2v) is 5.37. The Morgan fingerprint density at radius 3 is 2.92 bits per heavy atom. The van der Waals surface area contributed by atoms with Gasteiger partial charge >= 0.3 is 0 Å². The predicted octanol–water partition coefficient (Wildman–Crippen LogP) is 1.11. The summed E-state index contributed by atoms with van der Waals surface area (Å²) in [5, 5.41) is 0. The smallest absolute Gasteiger partial charge is 0.178 e. The first-order valence-electron chi connectivity index (χ1n) is 4.28. The van der Waals surface area contributed by atoms with Gasteiger partial charge in [-0.05, 0) is 31.4 Å². The summed E-state index contributed by atoms with van der Waals surface area (Å²) in [4.78, 5) is 4.59. The van der Waals surface area contributed by atoms with Gasteiger partial charge in [-0.3, -0.25) is 4.98 Å². The van der Waals surface area contributed by atoms with Crippen LogP contribution in [0.2, 0.25) is 0 Å². The fraction of sp³-hybridized carbons (Fsp3) is 0.444. The minimum atomic E-state index is -3.00. The van der Waals surface area contributed by atoms with Crippen molar-refractivity contribution in [2.45, 2.75) is 24.7 Å². The number of nitrogens with zero attached hydrogens (tertiary/aromatic N) is 1. The van der Waals surface area contributed by atoms with Crippen LogP contribution in [-0.4, -0.2) is 19.2 Å². The summed E-state index contributed by atoms with van der Waals surface area (Å²) in [6.45, 7) is 1.86. The molecule has 13 heavy (non-hydrogen) atoms. The normalized spacial score (nSPS) is 19.5. The number of sulfone groups is 1. The highest BCUT2D eigenvalue weighted by Crippen LogP contribution is 2.25. The van der Waals surface area contributed by atoms with Crippen LogP contribution >= 0.6 is 0 Å². The van der Waals surface area contributed by atoms with Crippen molar-refractivity contribution < 1.29 is 8.42 Å². The minimum Gasteiger partial charge on any atom is -0.261 e. The molecule has 0 aromatic carbocycles. The van der Waals surface area contributed by atoms with Crippen LogP contribution in [0.3, 0.4) is 0 Å². The largest absolute Gasteiger partial charge is 0.261 e. The molecule has 0 N–H and O–H groups in total. The van der Waals surface area contributed by atoms with E-state index in [4.69, 9.17) is 0 Å². The Labute approximate surface area is 77.7 Å². The lowest BCUT2D eigenvalue weighted by atomic mass is 10.1. The average molecular weight is 197 g/mol. The van der Waals surface area contributed by atoms with Crippen LogP contribution in [0.1, 0.15) is 17.7 Å². The number of pyridine rings is 1. The highest BCUT2D eigenvalue weighted by molar-refractivity contribution is 7.91. The molecule has 1 aromatic heterocycles. The maximum absolute atomic E-state index is 11.6. The van der Waals surface area contributed by atoms with Gasteiger partial charge in [-0.25, -0.2) is 8.42 Å². The van der Waals surface area contributed by atoms with Crippen molar-refractivity contribution in [3.05, 3.63) is 23.5 Å². The van der Waals surface area contributed by atoms with Gasteiger partial charge in [-0.1, -0.05) is 0 Å². The van der Waals surface area contributed by atoms with Gasteiger partial charge in [0.05, 0.1) is 10.6 Å². The SMILES string of the molecule is Cc1nccc2c1CCCS2(=O)=O. The maximum atomic E-state index is 11.6. The molecule has 0 saturated carbocycles. The predicted molar refractivity (Wildman–Crippen MR) is 49.3 cm³/mol. The van der Waals surface area contributed by atoms with Crippen LogP contribution in [0.5, 0.6) is 0 Å². The van der Waals surface area contributed by atoms with E-state index in [2.05, 4.69) is 4.98 Å². The van der Waals surface area contributed by atoms with E-state index >= 15 is 0 Å². The fourth-order valence-corrected chi connectivity index (χ4v) is 3.36. The molecule has 0 amide bonds. The summed E-state index contributed by atoms with van der Waals surface area (Å²) in [5.41, 5.74) is 1.76. The summed E-state index contributed by atoms with van der Waals surface area (Å²) >= 11 is 0. The van der Waals surface area contributed by atoms with E-state index in [-0.39, 0.29) is 5.75 Å². The Kier molecular flexibility index (Phi) is 1.87. The summed E-state index contributed by atoms with van der Waals surface area (Å²) in [6, 6.07) is 1.61. The Bertz CT molecular complexity index is 437. The average Bonchev–Trinajstić information content (AvgIpc) is 2.06. The number of hydrogen-bond donors (Lipinski definition) is 0. The molecule has 1 aromatic rings. The highest BCUT2D eigenvalue weighted by atomic mass is 32.2. The third-order valence-electron chi connectivity index (χ3n) is 2.40. The Morgan fingerprint density at radius 2 is 2.23 bits per heavy atom. The van der Waals surface area contributed by atoms with Gasteiger partial charge in [-0.15, -0.1) is 0 Å². The van der Waals surface area contributed by atoms with E-state index < -0.39 is 9.84 Å². The van der Waals surface area contributed by atoms with Crippen LogP contribution in [0.4, 0.5) is 0 Å². The highest BCUT2D eigenvalue weighted by Gasteiger charge is 2.24. The zero-order valence-corrected chi connectivity index (χ0v) is 8.26. The number of aryl methyl sites for hydroxylation is 1. The van der Waals surface area contributed by atoms with E-state index in [0.29, 0.717) is 4.90 Å². The molecule has 1 aliphatic heterocycles. The number of aromatic nitrogens is 1. The van der Waals surface area contributed by atoms with Gasteiger partial charge < -0.3 is 0 Å². The number of fused-ring (bicyclic) bond motifs is 1. The van der Waals surface area contributed by atoms with Crippen molar-refractivity contribution in [1.82, 2.24) is 4.98 Å². The van der Waals surface area contributed by atoms with Gasteiger partial charge in [-0.2, -0.15) is 0 Å². The molecular formula is C9H11NO2S. The van der Waals surface area contributed by atoms with Crippen LogP contribution in [0.15, 0.2) is 17.2 Å². The molecule has 0 fully saturated rings. The van der Waals surface area contributed by atoms with Crippen molar-refractivity contribution >= 4 is 9.84 Å². The second-order valence-electron chi connectivity index (χ2n) is 3.30. The number of hydrogen-bond acceptors (Lipinski definition) is 3. The molecule has 2 heterocycles. The molecular weight excluding hydrogens is 186 g/mol. The van der Waals surface area contributed by atoms with Crippen molar-refractivity contribution in [3.63, 3.8) is 0 Å². The van der Waals surface area contributed by atoms with Crippen LogP contribution in [0, 0.1) is 6.92 Å². The zero-order valence-electron chi connectivity index (χ0n) is 7.45. The molecule has 3 nitrogen and oxygen atoms in total. The first-order valence-corrected chi connectivity index (χ1v) is 5.94. The minimum absolute atomic E-state index is 0.281. The van der Waals surface area contributed by atoms with Gasteiger partial charge in [0.2, 0.25) is 0 Å². The van der Waals surface area contributed by atoms with Gasteiger partial charge in [0.1, 0.15) is 0 Å². The second kappa shape index (κ2) is 2.80. The summed E-state index contributed by atoms with van der Waals surface area (Å²) in [6.07, 6.45) is 3.13. The fourth-order valence-electron chi connectivity index (χ4n) is 1.72. The lowest BCUT2D eigenvalue weighted by Crippen LogP contribution is -2.17. The van der Waals surface area contributed by atoms with Crippen molar-refractivity contribution in [2.75, 3.05) is 5.75 Å². The van der Waals surface area contributed by atoms with Crippen LogP contribution in [-0.2, 0) is 16.3 Å². The van der Waals surface area contributed by atoms with Crippen LogP contribution < -0.4 is 0 Å². The first kappa shape index (κ1) is 8.69. The monoisotopic (exact) mass is 197 g/mol. The van der Waals surface area contributed by atoms with E-state index in [1.54, 1.807) is 12.3 Å². The molecule has 0 spiro atoms. The van der Waals surface area contributed by atoms with Crippen molar-refractivity contribution in [2.24, 2.45) is 0 Å². The molecule has 4 heteroatoms. The molecule has 70 valence electrons. The van der Waals surface area contributed by atoms with Crippen LogP contribution in [0.25, 0.3) is 0 Å². The summed E-state index contributed by atoms with van der Waals surface area (Å²) < 4.78 is 23.2. The molecule has 0 aliphatic carbocycles. The molecule has 0 unspecified atom stereocenters. The van der Waals surface area contributed by atoms with E-state index in [1.807, 2.05) is 6.92 Å². The third kappa shape index (κ3) is 1.35. The maximum Gasteiger partial charge on any atom is 0.178 e. The first-order chi connectivity index (χ1) is 6.11. The quantitative estimate of drug-likeness (QED) is 0.626. The van der Waals surface area contributed by atoms with E-state index in [9.17, 15) is 8.42 Å². The zero-order chi connectivity index (χ0) is 9.47. The lowest BCUT2D eigenvalue weighted by Gasteiger charge is -2.16. The molecule has 2 rings (SSSR count). The molecule has 1 aliphatic rings. The van der Waals surface area contributed by atoms with Gasteiger partial charge in [0, 0.05) is 11.9 Å². The third-order valence-corrected chi connectivity index (χ3v) is 4.28. The van der Waals surface area contributed by atoms with Crippen molar-refractivity contribution in [1.29, 1.82) is 0 Å². The summed E-state index contributed by atoms with van der Waals surface area (Å²) in [5.74, 6) is 0.281. The lowest BCUT2D eigenvalue weighted by molar-refractivity contribution is 0.585. The van der Waals surface area contributed by atoms with E-state index in [1.165, 1.54) is 0 Å². The summed E-state index contributed by atoms with van der Waals surface area (Å²) in [7, 11) is -3.00. The Hall–Kier alpha value is -0.900. The Balaban J connectivity index is 2.73. The van der Waals surface area contributed by atoms with Gasteiger partial charge in [0.15, 0.2) is 9.84 Å². The molecule has 0 radical (unpaired) electrons. The standard InChI is InChI=1S/C9H11NO2S/c1-7-8-3-2-6-13(11,12)9(8)4-5-10-7/h4-5H,2-3,6H2,1H3. The Morgan fingerprint density at radius 1 is 1.46 bits per heavy atom. The number of rotatable bonds is 0. The molecule has 0 bridgehead atoms. The van der Waals surface area contributed by atoms with Gasteiger partial charge in [0.25, 0.3) is 0 Å². The molecule has 0 saturated heterocycles. The van der Waals surface area contributed by atoms with Crippen molar-refractivity contribution in [3.8, 4) is 0 Å². The van der Waals surface area contributed by atoms with E-state index in [0.717, 1.165) is 24.1 Å². The topological polar surface area (TPSA) is 47.0 Å². The molecule has 0 atom stereocenters.